The molecule has 0 radical (unpaired) electrons. The fourth-order valence-electron chi connectivity index (χ4n) is 3.17. The zero-order valence-electron chi connectivity index (χ0n) is 12.5. The van der Waals surface area contributed by atoms with Gasteiger partial charge >= 0.3 is 0 Å². The van der Waals surface area contributed by atoms with E-state index in [1.54, 1.807) is 0 Å². The molecule has 20 heavy (non-hydrogen) atoms. The van der Waals surface area contributed by atoms with Gasteiger partial charge in [-0.25, -0.2) is 0 Å². The lowest BCUT2D eigenvalue weighted by Gasteiger charge is -2.37. The molecule has 0 amide bonds. The first-order valence-electron chi connectivity index (χ1n) is 7.89. The maximum atomic E-state index is 3.48. The second-order valence-corrected chi connectivity index (χ2v) is 5.71. The highest BCUT2D eigenvalue weighted by Gasteiger charge is 2.19. The number of fused-ring (bicyclic) bond motifs is 1. The minimum atomic E-state index is 1.06. The Morgan fingerprint density at radius 2 is 1.70 bits per heavy atom. The van der Waals surface area contributed by atoms with Crippen molar-refractivity contribution in [2.45, 2.75) is 6.92 Å². The summed E-state index contributed by atoms with van der Waals surface area (Å²) in [5.41, 5.74) is 2.65. The van der Waals surface area contributed by atoms with E-state index < -0.39 is 0 Å². The number of nitrogens with zero attached hydrogens (tertiary/aromatic N) is 3. The molecule has 1 aromatic rings. The van der Waals surface area contributed by atoms with Crippen LogP contribution in [0.1, 0.15) is 6.92 Å². The van der Waals surface area contributed by atoms with E-state index in [9.17, 15) is 0 Å². The maximum absolute atomic E-state index is 3.48. The third-order valence-electron chi connectivity index (χ3n) is 4.54. The van der Waals surface area contributed by atoms with Gasteiger partial charge in [-0.3, -0.25) is 4.90 Å². The summed E-state index contributed by atoms with van der Waals surface area (Å²) < 4.78 is 0. The van der Waals surface area contributed by atoms with Crippen molar-refractivity contribution < 1.29 is 0 Å². The van der Waals surface area contributed by atoms with Gasteiger partial charge in [-0.2, -0.15) is 0 Å². The molecule has 1 aromatic carbocycles. The van der Waals surface area contributed by atoms with Gasteiger partial charge in [-0.05, 0) is 18.7 Å². The summed E-state index contributed by atoms with van der Waals surface area (Å²) in [6.07, 6.45) is 0. The first kappa shape index (κ1) is 13.7. The van der Waals surface area contributed by atoms with Crippen molar-refractivity contribution in [2.24, 2.45) is 0 Å². The number of hydrogen-bond donors (Lipinski definition) is 1. The first-order chi connectivity index (χ1) is 9.86. The zero-order valence-corrected chi connectivity index (χ0v) is 12.5. The van der Waals surface area contributed by atoms with Gasteiger partial charge in [0.1, 0.15) is 0 Å². The highest BCUT2D eigenvalue weighted by molar-refractivity contribution is 5.71. The topological polar surface area (TPSA) is 21.8 Å². The minimum Gasteiger partial charge on any atom is -0.382 e. The van der Waals surface area contributed by atoms with Gasteiger partial charge in [0.25, 0.3) is 0 Å². The van der Waals surface area contributed by atoms with Gasteiger partial charge < -0.3 is 15.1 Å². The molecule has 0 aromatic heterocycles. The molecule has 0 atom stereocenters. The second-order valence-electron chi connectivity index (χ2n) is 5.71. The summed E-state index contributed by atoms with van der Waals surface area (Å²) in [5, 5.41) is 3.48. The van der Waals surface area contributed by atoms with E-state index in [0.29, 0.717) is 0 Å². The lowest BCUT2D eigenvalue weighted by atomic mass is 10.2. The standard InChI is InChI=1S/C16H26N4/c1-2-18-9-11-19(12-10-18)13-14-20-8-7-17-15-5-3-4-6-16(15)20/h3-6,17H,2,7-14H2,1H3. The summed E-state index contributed by atoms with van der Waals surface area (Å²) in [4.78, 5) is 7.67. The van der Waals surface area contributed by atoms with Gasteiger partial charge in [0.15, 0.2) is 0 Å². The van der Waals surface area contributed by atoms with Crippen LogP contribution in [0, 0.1) is 0 Å². The van der Waals surface area contributed by atoms with Crippen molar-refractivity contribution in [3.63, 3.8) is 0 Å². The Morgan fingerprint density at radius 3 is 2.50 bits per heavy atom. The predicted molar refractivity (Wildman–Crippen MR) is 85.7 cm³/mol. The third kappa shape index (κ3) is 3.07. The normalized spacial score (nSPS) is 20.6. The van der Waals surface area contributed by atoms with Crippen LogP contribution in [0.4, 0.5) is 11.4 Å². The van der Waals surface area contributed by atoms with E-state index in [2.05, 4.69) is 51.2 Å². The van der Waals surface area contributed by atoms with Gasteiger partial charge in [0.2, 0.25) is 0 Å². The molecule has 2 heterocycles. The van der Waals surface area contributed by atoms with Crippen LogP contribution in [0.2, 0.25) is 0 Å². The third-order valence-corrected chi connectivity index (χ3v) is 4.54. The summed E-state index contributed by atoms with van der Waals surface area (Å²) in [6, 6.07) is 8.66. The van der Waals surface area contributed by atoms with Crippen molar-refractivity contribution >= 4 is 11.4 Å². The monoisotopic (exact) mass is 274 g/mol. The Hall–Kier alpha value is -1.26. The van der Waals surface area contributed by atoms with E-state index >= 15 is 0 Å². The summed E-state index contributed by atoms with van der Waals surface area (Å²) in [5.74, 6) is 0. The van der Waals surface area contributed by atoms with Crippen LogP contribution in [0.5, 0.6) is 0 Å². The van der Waals surface area contributed by atoms with Crippen LogP contribution >= 0.6 is 0 Å². The van der Waals surface area contributed by atoms with Crippen molar-refractivity contribution in [1.82, 2.24) is 9.80 Å². The lowest BCUT2D eigenvalue weighted by Crippen LogP contribution is -2.49. The Kier molecular flexibility index (Phi) is 4.43. The van der Waals surface area contributed by atoms with Crippen LogP contribution in [0.25, 0.3) is 0 Å². The van der Waals surface area contributed by atoms with E-state index in [-0.39, 0.29) is 0 Å². The quantitative estimate of drug-likeness (QED) is 0.899. The molecule has 0 unspecified atom stereocenters. The number of rotatable bonds is 4. The van der Waals surface area contributed by atoms with Gasteiger partial charge in [0, 0.05) is 52.4 Å². The van der Waals surface area contributed by atoms with E-state index in [1.807, 2.05) is 0 Å². The molecule has 1 saturated heterocycles. The molecular formula is C16H26N4. The summed E-state index contributed by atoms with van der Waals surface area (Å²) in [7, 11) is 0. The number of anilines is 2. The largest absolute Gasteiger partial charge is 0.382 e. The molecule has 0 saturated carbocycles. The fourth-order valence-corrected chi connectivity index (χ4v) is 3.17. The number of nitrogens with one attached hydrogen (secondary N) is 1. The fraction of sp³-hybridized carbons (Fsp3) is 0.625. The van der Waals surface area contributed by atoms with E-state index in [0.717, 1.165) is 19.6 Å². The molecule has 4 heteroatoms. The van der Waals surface area contributed by atoms with Crippen LogP contribution in [-0.2, 0) is 0 Å². The summed E-state index contributed by atoms with van der Waals surface area (Å²) in [6.45, 7) is 12.9. The van der Waals surface area contributed by atoms with Crippen LogP contribution < -0.4 is 10.2 Å². The number of piperazine rings is 1. The molecule has 110 valence electrons. The Morgan fingerprint density at radius 1 is 0.950 bits per heavy atom. The van der Waals surface area contributed by atoms with Crippen molar-refractivity contribution in [2.75, 3.05) is 69.1 Å². The molecule has 3 rings (SSSR count). The molecular weight excluding hydrogens is 248 g/mol. The Bertz CT molecular complexity index is 426. The highest BCUT2D eigenvalue weighted by Crippen LogP contribution is 2.27. The molecule has 0 spiro atoms. The van der Waals surface area contributed by atoms with Gasteiger partial charge in [-0.1, -0.05) is 19.1 Å². The molecule has 2 aliphatic heterocycles. The average molecular weight is 274 g/mol. The number of hydrogen-bond acceptors (Lipinski definition) is 4. The number of likely N-dealkylation sites (N-methyl/N-ethyl adjacent to an activating group) is 1. The van der Waals surface area contributed by atoms with Gasteiger partial charge in [-0.15, -0.1) is 0 Å². The SMILES string of the molecule is CCN1CCN(CCN2CCNc3ccccc32)CC1. The second kappa shape index (κ2) is 6.46. The molecule has 0 bridgehead atoms. The highest BCUT2D eigenvalue weighted by atomic mass is 15.3. The predicted octanol–water partition coefficient (Wildman–Crippen LogP) is 1.56. The molecule has 1 fully saturated rings. The Labute approximate surface area is 122 Å². The molecule has 4 nitrogen and oxygen atoms in total. The van der Waals surface area contributed by atoms with Crippen LogP contribution in [0.15, 0.2) is 24.3 Å². The first-order valence-corrected chi connectivity index (χ1v) is 7.89. The zero-order chi connectivity index (χ0) is 13.8. The number of para-hydroxylation sites is 2. The van der Waals surface area contributed by atoms with Crippen molar-refractivity contribution in [1.29, 1.82) is 0 Å². The maximum Gasteiger partial charge on any atom is 0.0603 e. The van der Waals surface area contributed by atoms with Crippen LogP contribution in [-0.4, -0.2) is 68.7 Å². The van der Waals surface area contributed by atoms with Crippen molar-refractivity contribution in [3.05, 3.63) is 24.3 Å². The molecule has 2 aliphatic rings. The smallest absolute Gasteiger partial charge is 0.0603 e. The Balaban J connectivity index is 1.52. The average Bonchev–Trinajstić information content (AvgIpc) is 2.53. The number of benzene rings is 1. The summed E-state index contributed by atoms with van der Waals surface area (Å²) >= 11 is 0. The van der Waals surface area contributed by atoms with Crippen molar-refractivity contribution in [3.8, 4) is 0 Å². The van der Waals surface area contributed by atoms with E-state index in [1.165, 1.54) is 50.6 Å². The van der Waals surface area contributed by atoms with Crippen LogP contribution in [0.3, 0.4) is 0 Å². The van der Waals surface area contributed by atoms with Gasteiger partial charge in [0.05, 0.1) is 11.4 Å². The van der Waals surface area contributed by atoms with E-state index in [4.69, 9.17) is 0 Å². The lowest BCUT2D eigenvalue weighted by molar-refractivity contribution is 0.139. The molecule has 1 N–H and O–H groups in total. The molecule has 0 aliphatic carbocycles. The minimum absolute atomic E-state index is 1.06.